The van der Waals surface area contributed by atoms with Gasteiger partial charge in [0.1, 0.15) is 17.8 Å². The zero-order valence-electron chi connectivity index (χ0n) is 25.2. The molecule has 1 aromatic heterocycles. The van der Waals surface area contributed by atoms with E-state index in [1.807, 2.05) is 67.6 Å². The highest BCUT2D eigenvalue weighted by molar-refractivity contribution is 6.22. The van der Waals surface area contributed by atoms with E-state index in [9.17, 15) is 14.4 Å². The summed E-state index contributed by atoms with van der Waals surface area (Å²) < 4.78 is 5.37. The zero-order chi connectivity index (χ0) is 31.1. The molecule has 45 heavy (non-hydrogen) atoms. The second kappa shape index (κ2) is 11.6. The predicted octanol–water partition coefficient (Wildman–Crippen LogP) is 6.41. The summed E-state index contributed by atoms with van der Waals surface area (Å²) in [6.07, 6.45) is 2.10. The van der Waals surface area contributed by atoms with Crippen LogP contribution in [0.4, 0.5) is 10.5 Å². The van der Waals surface area contributed by atoms with Gasteiger partial charge in [-0.25, -0.2) is 9.69 Å². The summed E-state index contributed by atoms with van der Waals surface area (Å²) in [5, 5.41) is 4.11. The summed E-state index contributed by atoms with van der Waals surface area (Å²) in [5.74, 6) is 0.243. The number of carbonyl (C=O) groups is 3. The molecular weight excluding hydrogens is 564 g/mol. The lowest BCUT2D eigenvalue weighted by Gasteiger charge is -2.36. The van der Waals surface area contributed by atoms with Crippen molar-refractivity contribution in [3.8, 4) is 5.75 Å². The number of nitrogens with one attached hydrogen (secondary N) is 2. The quantitative estimate of drug-likeness (QED) is 0.202. The van der Waals surface area contributed by atoms with Gasteiger partial charge in [0.05, 0.1) is 12.8 Å². The Morgan fingerprint density at radius 1 is 0.933 bits per heavy atom. The van der Waals surface area contributed by atoms with E-state index in [2.05, 4.69) is 28.5 Å². The molecule has 0 spiro atoms. The normalized spacial score (nSPS) is 18.1. The van der Waals surface area contributed by atoms with Crippen LogP contribution in [-0.2, 0) is 17.6 Å². The summed E-state index contributed by atoms with van der Waals surface area (Å²) in [6, 6.07) is 31.0. The number of rotatable bonds is 8. The average Bonchev–Trinajstić information content (AvgIpc) is 3.57. The number of methoxy groups -OCH3 is 1. The minimum Gasteiger partial charge on any atom is -0.497 e. The second-order valence-electron chi connectivity index (χ2n) is 11.8. The second-order valence-corrected chi connectivity index (χ2v) is 11.8. The molecule has 0 radical (unpaired) electrons. The van der Waals surface area contributed by atoms with E-state index >= 15 is 0 Å². The van der Waals surface area contributed by atoms with E-state index in [4.69, 9.17) is 4.74 Å². The Morgan fingerprint density at radius 3 is 2.38 bits per heavy atom. The molecule has 2 aliphatic rings. The van der Waals surface area contributed by atoms with Gasteiger partial charge in [-0.15, -0.1) is 0 Å². The van der Waals surface area contributed by atoms with Gasteiger partial charge in [0.15, 0.2) is 0 Å². The standard InChI is InChI=1S/C37H34N4O4/c1-23(12-13-24-8-4-3-5-9-24)38-35(42)26-14-18-27(19-15-26)40-36(43)32-22-30-29-10-6-7-11-31(29)39-33(30)34(41(32)37(40)44)25-16-20-28(45-2)21-17-25/h3-11,14-21,23,32,34,39H,12-13,22H2,1-2H3,(H,38,42)/t23?,32-,34?/m0/s1. The first kappa shape index (κ1) is 28.4. The third-order valence-corrected chi connectivity index (χ3v) is 8.95. The smallest absolute Gasteiger partial charge is 0.332 e. The molecule has 4 aromatic carbocycles. The number of hydrogen-bond acceptors (Lipinski definition) is 4. The van der Waals surface area contributed by atoms with E-state index in [-0.39, 0.29) is 23.9 Å². The Hall–Kier alpha value is -5.37. The maximum absolute atomic E-state index is 14.1. The highest BCUT2D eigenvalue weighted by atomic mass is 16.5. The van der Waals surface area contributed by atoms with Gasteiger partial charge in [0.25, 0.3) is 11.8 Å². The summed E-state index contributed by atoms with van der Waals surface area (Å²) in [4.78, 5) is 47.6. The Labute approximate surface area is 261 Å². The first-order valence-corrected chi connectivity index (χ1v) is 15.3. The van der Waals surface area contributed by atoms with Gasteiger partial charge in [-0.05, 0) is 78.9 Å². The summed E-state index contributed by atoms with van der Waals surface area (Å²) in [6.45, 7) is 1.99. The monoisotopic (exact) mass is 598 g/mol. The van der Waals surface area contributed by atoms with Crippen LogP contribution in [0.25, 0.3) is 10.9 Å². The van der Waals surface area contributed by atoms with E-state index in [0.29, 0.717) is 23.4 Å². The maximum Gasteiger partial charge on any atom is 0.332 e. The van der Waals surface area contributed by atoms with Crippen LogP contribution in [0.2, 0.25) is 0 Å². The van der Waals surface area contributed by atoms with Crippen LogP contribution in [0, 0.1) is 0 Å². The molecule has 8 heteroatoms. The number of anilines is 1. The van der Waals surface area contributed by atoms with Gasteiger partial charge >= 0.3 is 6.03 Å². The Balaban J connectivity index is 1.14. The molecule has 2 N–H and O–H groups in total. The Morgan fingerprint density at radius 2 is 1.64 bits per heavy atom. The molecular formula is C37H34N4O4. The van der Waals surface area contributed by atoms with Gasteiger partial charge in [0, 0.05) is 34.6 Å². The van der Waals surface area contributed by atoms with Gasteiger partial charge in [-0.2, -0.15) is 0 Å². The fraction of sp³-hybridized carbons (Fsp3) is 0.216. The van der Waals surface area contributed by atoms with Crippen molar-refractivity contribution in [2.45, 2.75) is 44.3 Å². The van der Waals surface area contributed by atoms with Crippen LogP contribution in [0.1, 0.15) is 52.1 Å². The molecule has 0 aliphatic carbocycles. The Kier molecular flexibility index (Phi) is 7.33. The van der Waals surface area contributed by atoms with Crippen molar-refractivity contribution in [3.63, 3.8) is 0 Å². The fourth-order valence-corrected chi connectivity index (χ4v) is 6.61. The van der Waals surface area contributed by atoms with Crippen molar-refractivity contribution in [2.24, 2.45) is 0 Å². The number of H-pyrrole nitrogens is 1. The van der Waals surface area contributed by atoms with E-state index in [1.165, 1.54) is 10.5 Å². The van der Waals surface area contributed by atoms with Gasteiger partial charge < -0.3 is 15.0 Å². The number of aromatic nitrogens is 1. The van der Waals surface area contributed by atoms with Crippen molar-refractivity contribution in [1.82, 2.24) is 15.2 Å². The minimum absolute atomic E-state index is 0.0156. The number of benzene rings is 4. The molecule has 1 saturated heterocycles. The largest absolute Gasteiger partial charge is 0.497 e. The number of urea groups is 1. The molecule has 1 fully saturated rings. The highest BCUT2D eigenvalue weighted by Gasteiger charge is 2.53. The summed E-state index contributed by atoms with van der Waals surface area (Å²) >= 11 is 0. The number of ether oxygens (including phenoxy) is 1. The number of amides is 4. The van der Waals surface area contributed by atoms with Crippen molar-refractivity contribution in [1.29, 1.82) is 0 Å². The van der Waals surface area contributed by atoms with Crippen LogP contribution in [-0.4, -0.2) is 46.9 Å². The number of hydrogen-bond donors (Lipinski definition) is 2. The van der Waals surface area contributed by atoms with Crippen LogP contribution >= 0.6 is 0 Å². The lowest BCUT2D eigenvalue weighted by Crippen LogP contribution is -2.44. The van der Waals surface area contributed by atoms with Crippen molar-refractivity contribution >= 4 is 34.4 Å². The number of imide groups is 1. The molecule has 0 bridgehead atoms. The lowest BCUT2D eigenvalue weighted by atomic mass is 9.89. The molecule has 3 heterocycles. The van der Waals surface area contributed by atoms with E-state index < -0.39 is 12.1 Å². The minimum atomic E-state index is -0.662. The molecule has 0 saturated carbocycles. The first-order valence-electron chi connectivity index (χ1n) is 15.3. The molecule has 226 valence electrons. The number of aromatic amines is 1. The van der Waals surface area contributed by atoms with Crippen molar-refractivity contribution < 1.29 is 19.1 Å². The molecule has 7 rings (SSSR count). The number of fused-ring (bicyclic) bond motifs is 4. The van der Waals surface area contributed by atoms with Crippen LogP contribution in [0.15, 0.2) is 103 Å². The van der Waals surface area contributed by atoms with Gasteiger partial charge in [0.2, 0.25) is 0 Å². The van der Waals surface area contributed by atoms with Crippen molar-refractivity contribution in [3.05, 3.63) is 131 Å². The number of para-hydroxylation sites is 1. The van der Waals surface area contributed by atoms with E-state index in [1.54, 1.807) is 36.3 Å². The summed E-state index contributed by atoms with van der Waals surface area (Å²) in [7, 11) is 1.61. The van der Waals surface area contributed by atoms with Gasteiger partial charge in [-0.1, -0.05) is 60.7 Å². The molecule has 4 amide bonds. The molecule has 2 unspecified atom stereocenters. The Bertz CT molecular complexity index is 1880. The van der Waals surface area contributed by atoms with Crippen molar-refractivity contribution in [2.75, 3.05) is 12.0 Å². The SMILES string of the molecule is COc1ccc(C2c3[nH]c4ccccc4c3C[C@H]3C(=O)N(c4ccc(C(=O)NC(C)CCc5ccccc5)cc4)C(=O)N23)cc1. The fourth-order valence-electron chi connectivity index (χ4n) is 6.61. The lowest BCUT2D eigenvalue weighted by molar-refractivity contribution is -0.120. The van der Waals surface area contributed by atoms with Crippen LogP contribution in [0.5, 0.6) is 5.75 Å². The summed E-state index contributed by atoms with van der Waals surface area (Å²) in [5.41, 5.74) is 5.95. The highest BCUT2D eigenvalue weighted by Crippen LogP contribution is 2.45. The van der Waals surface area contributed by atoms with Crippen LogP contribution in [0.3, 0.4) is 0 Å². The zero-order valence-corrected chi connectivity index (χ0v) is 25.2. The topological polar surface area (TPSA) is 94.7 Å². The molecule has 5 aromatic rings. The predicted molar refractivity (Wildman–Crippen MR) is 173 cm³/mol. The number of carbonyl (C=O) groups excluding carboxylic acids is 3. The maximum atomic E-state index is 14.1. The molecule has 3 atom stereocenters. The van der Waals surface area contributed by atoms with Crippen LogP contribution < -0.4 is 15.0 Å². The molecule has 8 nitrogen and oxygen atoms in total. The van der Waals surface area contributed by atoms with E-state index in [0.717, 1.165) is 40.6 Å². The third kappa shape index (κ3) is 5.12. The van der Waals surface area contributed by atoms with Gasteiger partial charge in [-0.3, -0.25) is 14.5 Å². The number of nitrogens with zero attached hydrogens (tertiary/aromatic N) is 2. The molecule has 2 aliphatic heterocycles. The third-order valence-electron chi connectivity index (χ3n) is 8.95. The first-order chi connectivity index (χ1) is 21.9. The average molecular weight is 599 g/mol. The number of aryl methyl sites for hydroxylation is 1.